The van der Waals surface area contributed by atoms with Crippen molar-refractivity contribution in [2.45, 2.75) is 43.2 Å². The molecule has 1 aromatic rings. The molecule has 8 heteroatoms. The average Bonchev–Trinajstić information content (AvgIpc) is 3.23. The van der Waals surface area contributed by atoms with Crippen molar-refractivity contribution >= 4 is 21.9 Å². The normalized spacial score (nSPS) is 28.5. The minimum Gasteiger partial charge on any atom is -0.469 e. The van der Waals surface area contributed by atoms with E-state index in [4.69, 9.17) is 4.74 Å². The van der Waals surface area contributed by atoms with Crippen LogP contribution in [0, 0.1) is 17.8 Å². The summed E-state index contributed by atoms with van der Waals surface area (Å²) in [5, 5.41) is 2.88. The minimum atomic E-state index is -3.79. The van der Waals surface area contributed by atoms with E-state index in [1.165, 1.54) is 26.2 Å². The van der Waals surface area contributed by atoms with E-state index in [0.717, 1.165) is 19.3 Å². The molecule has 2 aliphatic rings. The summed E-state index contributed by atoms with van der Waals surface area (Å²) >= 11 is 0. The first-order chi connectivity index (χ1) is 12.3. The Morgan fingerprint density at radius 1 is 1.15 bits per heavy atom. The highest BCUT2D eigenvalue weighted by Crippen LogP contribution is 2.48. The molecule has 2 bridgehead atoms. The molecule has 142 valence electrons. The standard InChI is InChI=1S/C18H24N2O5S/c1-11(20-26(23,24)14-6-4-3-5-7-14)17(21)19-16-13-9-8-12(10-13)15(16)18(22)25-2/h3-7,11-13,15-16,20H,8-10H2,1-2H3,(H,19,21)/t11-,12+,13-,15-,16+/m0/s1. The molecule has 0 aromatic heterocycles. The number of carbonyl (C=O) groups excluding carboxylic acids is 2. The summed E-state index contributed by atoms with van der Waals surface area (Å²) in [5.74, 6) is -0.614. The van der Waals surface area contributed by atoms with Gasteiger partial charge < -0.3 is 10.1 Å². The Bertz CT molecular complexity index is 780. The summed E-state index contributed by atoms with van der Waals surface area (Å²) in [6.45, 7) is 1.50. The van der Waals surface area contributed by atoms with E-state index in [1.807, 2.05) is 0 Å². The lowest BCUT2D eigenvalue weighted by Crippen LogP contribution is -2.53. The first-order valence-electron chi connectivity index (χ1n) is 8.79. The van der Waals surface area contributed by atoms with E-state index in [2.05, 4.69) is 10.0 Å². The van der Waals surface area contributed by atoms with Gasteiger partial charge in [0.15, 0.2) is 0 Å². The molecule has 0 radical (unpaired) electrons. The van der Waals surface area contributed by atoms with Gasteiger partial charge >= 0.3 is 5.97 Å². The first kappa shape index (κ1) is 18.8. The van der Waals surface area contributed by atoms with Crippen LogP contribution in [0.15, 0.2) is 35.2 Å². The number of ether oxygens (including phenoxy) is 1. The number of hydrogen-bond acceptors (Lipinski definition) is 5. The Balaban J connectivity index is 1.67. The van der Waals surface area contributed by atoms with Gasteiger partial charge in [0.2, 0.25) is 15.9 Å². The summed E-state index contributed by atoms with van der Waals surface area (Å²) in [6.07, 6.45) is 2.83. The Morgan fingerprint density at radius 3 is 2.46 bits per heavy atom. The molecule has 0 saturated heterocycles. The Morgan fingerprint density at radius 2 is 1.81 bits per heavy atom. The molecule has 0 aliphatic heterocycles. The molecule has 5 atom stereocenters. The third-order valence-electron chi connectivity index (χ3n) is 5.48. The quantitative estimate of drug-likeness (QED) is 0.719. The zero-order valence-electron chi connectivity index (χ0n) is 14.8. The molecule has 0 heterocycles. The first-order valence-corrected chi connectivity index (χ1v) is 10.3. The van der Waals surface area contributed by atoms with Gasteiger partial charge in [-0.3, -0.25) is 9.59 Å². The molecule has 0 unspecified atom stereocenters. The zero-order chi connectivity index (χ0) is 18.9. The topological polar surface area (TPSA) is 102 Å². The van der Waals surface area contributed by atoms with E-state index in [-0.39, 0.29) is 34.7 Å². The Labute approximate surface area is 153 Å². The molecule has 2 aliphatic carbocycles. The highest BCUT2D eigenvalue weighted by molar-refractivity contribution is 7.89. The average molecular weight is 380 g/mol. The summed E-state index contributed by atoms with van der Waals surface area (Å²) in [7, 11) is -2.43. The number of hydrogen-bond donors (Lipinski definition) is 2. The van der Waals surface area contributed by atoms with Crippen molar-refractivity contribution in [2.75, 3.05) is 7.11 Å². The van der Waals surface area contributed by atoms with Crippen LogP contribution in [0.4, 0.5) is 0 Å². The lowest BCUT2D eigenvalue weighted by molar-refractivity contribution is -0.148. The highest BCUT2D eigenvalue weighted by atomic mass is 32.2. The van der Waals surface area contributed by atoms with Crippen LogP contribution in [0.2, 0.25) is 0 Å². The second-order valence-electron chi connectivity index (χ2n) is 7.07. The molecule has 2 N–H and O–H groups in total. The Hall–Kier alpha value is -1.93. The maximum Gasteiger partial charge on any atom is 0.311 e. The van der Waals surface area contributed by atoms with Crippen molar-refractivity contribution in [1.29, 1.82) is 0 Å². The van der Waals surface area contributed by atoms with Crippen LogP contribution < -0.4 is 10.0 Å². The van der Waals surface area contributed by atoms with Gasteiger partial charge in [-0.05, 0) is 50.2 Å². The van der Waals surface area contributed by atoms with Gasteiger partial charge in [0, 0.05) is 6.04 Å². The SMILES string of the molecule is COC(=O)[C@H]1[C@@H]2CC[C@@H](C2)[C@H]1NC(=O)[C@H](C)NS(=O)(=O)c1ccccc1. The third kappa shape index (κ3) is 3.61. The largest absolute Gasteiger partial charge is 0.469 e. The minimum absolute atomic E-state index is 0.104. The second kappa shape index (κ2) is 7.36. The van der Waals surface area contributed by atoms with Gasteiger partial charge in [0.1, 0.15) is 0 Å². The summed E-state index contributed by atoms with van der Waals surface area (Å²) in [4.78, 5) is 24.7. The van der Waals surface area contributed by atoms with Crippen molar-refractivity contribution in [1.82, 2.24) is 10.0 Å². The van der Waals surface area contributed by atoms with E-state index in [9.17, 15) is 18.0 Å². The Kier molecular flexibility index (Phi) is 5.34. The fourth-order valence-corrected chi connectivity index (χ4v) is 5.44. The van der Waals surface area contributed by atoms with Gasteiger partial charge in [0.25, 0.3) is 0 Å². The molecule has 26 heavy (non-hydrogen) atoms. The monoisotopic (exact) mass is 380 g/mol. The predicted molar refractivity (Wildman–Crippen MR) is 94.5 cm³/mol. The number of rotatable bonds is 6. The lowest BCUT2D eigenvalue weighted by Gasteiger charge is -2.30. The molecular formula is C18H24N2O5S. The third-order valence-corrected chi connectivity index (χ3v) is 7.03. The maximum atomic E-state index is 12.6. The number of methoxy groups -OCH3 is 1. The second-order valence-corrected chi connectivity index (χ2v) is 8.79. The predicted octanol–water partition coefficient (Wildman–Crippen LogP) is 1.06. The number of fused-ring (bicyclic) bond motifs is 2. The number of nitrogens with one attached hydrogen (secondary N) is 2. The highest BCUT2D eigenvalue weighted by Gasteiger charge is 2.52. The van der Waals surface area contributed by atoms with E-state index in [1.54, 1.807) is 18.2 Å². The fraction of sp³-hybridized carbons (Fsp3) is 0.556. The zero-order valence-corrected chi connectivity index (χ0v) is 15.7. The van der Waals surface area contributed by atoms with Gasteiger partial charge in [-0.25, -0.2) is 8.42 Å². The van der Waals surface area contributed by atoms with Gasteiger partial charge in [-0.2, -0.15) is 4.72 Å². The van der Waals surface area contributed by atoms with Crippen molar-refractivity contribution in [2.24, 2.45) is 17.8 Å². The smallest absolute Gasteiger partial charge is 0.311 e. The lowest BCUT2D eigenvalue weighted by atomic mass is 9.84. The molecule has 1 aromatic carbocycles. The number of benzene rings is 1. The van der Waals surface area contributed by atoms with Crippen molar-refractivity contribution in [3.05, 3.63) is 30.3 Å². The molecule has 3 rings (SSSR count). The maximum absolute atomic E-state index is 12.6. The number of carbonyl (C=O) groups is 2. The number of sulfonamides is 1. The van der Waals surface area contributed by atoms with Crippen LogP contribution in [0.25, 0.3) is 0 Å². The molecule has 2 saturated carbocycles. The van der Waals surface area contributed by atoms with Crippen LogP contribution in [-0.4, -0.2) is 39.5 Å². The van der Waals surface area contributed by atoms with Gasteiger partial charge in [0.05, 0.1) is 24.0 Å². The van der Waals surface area contributed by atoms with Gasteiger partial charge in [-0.1, -0.05) is 18.2 Å². The van der Waals surface area contributed by atoms with Crippen LogP contribution in [0.3, 0.4) is 0 Å². The van der Waals surface area contributed by atoms with Crippen molar-refractivity contribution in [3.8, 4) is 0 Å². The van der Waals surface area contributed by atoms with Crippen molar-refractivity contribution < 1.29 is 22.7 Å². The van der Waals surface area contributed by atoms with Crippen LogP contribution in [0.1, 0.15) is 26.2 Å². The van der Waals surface area contributed by atoms with Crippen LogP contribution in [-0.2, 0) is 24.3 Å². The molecule has 7 nitrogen and oxygen atoms in total. The number of amides is 1. The molecule has 1 amide bonds. The summed E-state index contributed by atoms with van der Waals surface area (Å²) < 4.78 is 32.0. The van der Waals surface area contributed by atoms with Crippen LogP contribution >= 0.6 is 0 Å². The van der Waals surface area contributed by atoms with E-state index in [0.29, 0.717) is 0 Å². The van der Waals surface area contributed by atoms with Crippen molar-refractivity contribution in [3.63, 3.8) is 0 Å². The summed E-state index contributed by atoms with van der Waals surface area (Å²) in [6, 6.07) is 6.66. The van der Waals surface area contributed by atoms with E-state index >= 15 is 0 Å². The number of esters is 1. The van der Waals surface area contributed by atoms with Crippen LogP contribution in [0.5, 0.6) is 0 Å². The van der Waals surface area contributed by atoms with E-state index < -0.39 is 22.0 Å². The fourth-order valence-electron chi connectivity index (χ4n) is 4.22. The molecular weight excluding hydrogens is 356 g/mol. The molecule has 2 fully saturated rings. The summed E-state index contributed by atoms with van der Waals surface area (Å²) in [5.41, 5.74) is 0. The van der Waals surface area contributed by atoms with Gasteiger partial charge in [-0.15, -0.1) is 0 Å². The molecule has 0 spiro atoms.